The van der Waals surface area contributed by atoms with E-state index in [-0.39, 0.29) is 23.5 Å². The van der Waals surface area contributed by atoms with Crippen LogP contribution in [0.4, 0.5) is 5.82 Å². The summed E-state index contributed by atoms with van der Waals surface area (Å²) in [5.41, 5.74) is 0.327. The van der Waals surface area contributed by atoms with Crippen molar-refractivity contribution in [3.05, 3.63) is 17.8 Å². The van der Waals surface area contributed by atoms with Crippen molar-refractivity contribution in [1.29, 1.82) is 0 Å². The fraction of sp³-hybridized carbons (Fsp3) is 0.688. The summed E-state index contributed by atoms with van der Waals surface area (Å²) in [6.07, 6.45) is 2.40. The van der Waals surface area contributed by atoms with E-state index in [4.69, 9.17) is 0 Å². The standard InChI is InChI=1S/C16H26N4O3S/c1-4-9-20(10-5-2)16(21)14-6-7-15(18-17-14)19(3)13-8-11-24(22,23)12-13/h6-7,13H,4-5,8-12H2,1-3H3. The number of amides is 1. The molecule has 0 aliphatic carbocycles. The second-order valence-corrected chi connectivity index (χ2v) is 8.47. The molecule has 1 unspecified atom stereocenters. The van der Waals surface area contributed by atoms with Crippen molar-refractivity contribution < 1.29 is 13.2 Å². The van der Waals surface area contributed by atoms with Crippen LogP contribution in [-0.4, -0.2) is 67.1 Å². The van der Waals surface area contributed by atoms with Crippen molar-refractivity contribution in [2.45, 2.75) is 39.2 Å². The van der Waals surface area contributed by atoms with Crippen molar-refractivity contribution >= 4 is 21.6 Å². The highest BCUT2D eigenvalue weighted by Crippen LogP contribution is 2.21. The Hall–Kier alpha value is -1.70. The Bertz CT molecular complexity index is 654. The summed E-state index contributed by atoms with van der Waals surface area (Å²) in [5, 5.41) is 8.19. The molecule has 0 aromatic carbocycles. The number of aromatic nitrogens is 2. The highest BCUT2D eigenvalue weighted by molar-refractivity contribution is 7.91. The van der Waals surface area contributed by atoms with E-state index in [0.717, 1.165) is 12.8 Å². The first kappa shape index (κ1) is 18.6. The second kappa shape index (κ2) is 7.92. The number of nitrogens with zero attached hydrogens (tertiary/aromatic N) is 4. The summed E-state index contributed by atoms with van der Waals surface area (Å²) in [7, 11) is -1.13. The lowest BCUT2D eigenvalue weighted by molar-refractivity contribution is 0.0748. The SMILES string of the molecule is CCCN(CCC)C(=O)c1ccc(N(C)C2CCS(=O)(=O)C2)nn1. The Morgan fingerprint density at radius 3 is 2.33 bits per heavy atom. The van der Waals surface area contributed by atoms with Crippen LogP contribution in [0.3, 0.4) is 0 Å². The first-order chi connectivity index (χ1) is 11.4. The van der Waals surface area contributed by atoms with Crippen molar-refractivity contribution in [3.63, 3.8) is 0 Å². The van der Waals surface area contributed by atoms with Crippen LogP contribution in [0.1, 0.15) is 43.6 Å². The van der Waals surface area contributed by atoms with Crippen molar-refractivity contribution in [2.75, 3.05) is 36.5 Å². The summed E-state index contributed by atoms with van der Waals surface area (Å²) in [5.74, 6) is 0.844. The minimum absolute atomic E-state index is 0.0810. The molecule has 1 atom stereocenters. The molecule has 1 saturated heterocycles. The maximum atomic E-state index is 12.5. The fourth-order valence-corrected chi connectivity index (χ4v) is 4.69. The molecule has 1 aliphatic rings. The van der Waals surface area contributed by atoms with Gasteiger partial charge in [-0.25, -0.2) is 8.42 Å². The molecule has 1 amide bonds. The number of hydrogen-bond donors (Lipinski definition) is 0. The molecule has 7 nitrogen and oxygen atoms in total. The van der Waals surface area contributed by atoms with E-state index in [2.05, 4.69) is 10.2 Å². The van der Waals surface area contributed by atoms with Crippen LogP contribution in [-0.2, 0) is 9.84 Å². The van der Waals surface area contributed by atoms with Crippen LogP contribution in [0, 0.1) is 0 Å². The predicted molar refractivity (Wildman–Crippen MR) is 94.0 cm³/mol. The molecule has 0 bridgehead atoms. The number of sulfone groups is 1. The quantitative estimate of drug-likeness (QED) is 0.735. The van der Waals surface area contributed by atoms with Crippen LogP contribution >= 0.6 is 0 Å². The van der Waals surface area contributed by atoms with E-state index in [1.165, 1.54) is 0 Å². The molecule has 2 heterocycles. The zero-order valence-electron chi connectivity index (χ0n) is 14.6. The number of anilines is 1. The zero-order chi connectivity index (χ0) is 17.7. The van der Waals surface area contributed by atoms with Crippen LogP contribution in [0.2, 0.25) is 0 Å². The highest BCUT2D eigenvalue weighted by atomic mass is 32.2. The molecule has 8 heteroatoms. The van der Waals surface area contributed by atoms with Gasteiger partial charge in [-0.1, -0.05) is 13.8 Å². The van der Waals surface area contributed by atoms with Crippen molar-refractivity contribution in [1.82, 2.24) is 15.1 Å². The molecular weight excluding hydrogens is 328 g/mol. The van der Waals surface area contributed by atoms with E-state index in [1.807, 2.05) is 25.8 Å². The molecule has 2 rings (SSSR count). The molecular formula is C16H26N4O3S. The van der Waals surface area contributed by atoms with Gasteiger partial charge >= 0.3 is 0 Å². The molecule has 24 heavy (non-hydrogen) atoms. The Kier molecular flexibility index (Phi) is 6.15. The van der Waals surface area contributed by atoms with Gasteiger partial charge in [-0.05, 0) is 31.4 Å². The van der Waals surface area contributed by atoms with E-state index >= 15 is 0 Å². The van der Waals surface area contributed by atoms with Gasteiger partial charge in [-0.15, -0.1) is 10.2 Å². The highest BCUT2D eigenvalue weighted by Gasteiger charge is 2.31. The van der Waals surface area contributed by atoms with Gasteiger partial charge in [0.1, 0.15) is 0 Å². The molecule has 0 spiro atoms. The smallest absolute Gasteiger partial charge is 0.274 e. The molecule has 1 fully saturated rings. The van der Waals surface area contributed by atoms with Crippen LogP contribution in [0.25, 0.3) is 0 Å². The summed E-state index contributed by atoms with van der Waals surface area (Å²) < 4.78 is 23.2. The number of carbonyl (C=O) groups excluding carboxylic acids is 1. The Balaban J connectivity index is 2.08. The summed E-state index contributed by atoms with van der Waals surface area (Å²) in [6, 6.07) is 3.33. The molecule has 1 aromatic heterocycles. The average molecular weight is 354 g/mol. The third kappa shape index (κ3) is 4.43. The lowest BCUT2D eigenvalue weighted by Gasteiger charge is -2.24. The van der Waals surface area contributed by atoms with Crippen LogP contribution in [0.15, 0.2) is 12.1 Å². The molecule has 0 N–H and O–H groups in total. The molecule has 0 radical (unpaired) electrons. The van der Waals surface area contributed by atoms with Crippen LogP contribution < -0.4 is 4.90 Å². The van der Waals surface area contributed by atoms with Gasteiger partial charge in [0.05, 0.1) is 11.5 Å². The van der Waals surface area contributed by atoms with Gasteiger partial charge in [0.15, 0.2) is 21.3 Å². The predicted octanol–water partition coefficient (Wildman–Crippen LogP) is 1.36. The molecule has 1 aliphatic heterocycles. The lowest BCUT2D eigenvalue weighted by Crippen LogP contribution is -2.35. The first-order valence-corrected chi connectivity index (χ1v) is 10.3. The average Bonchev–Trinajstić information content (AvgIpc) is 2.93. The summed E-state index contributed by atoms with van der Waals surface area (Å²) in [4.78, 5) is 16.1. The summed E-state index contributed by atoms with van der Waals surface area (Å²) in [6.45, 7) is 5.48. The van der Waals surface area contributed by atoms with E-state index in [1.54, 1.807) is 17.0 Å². The monoisotopic (exact) mass is 354 g/mol. The van der Waals surface area contributed by atoms with E-state index in [0.29, 0.717) is 31.0 Å². The molecule has 1 aromatic rings. The maximum Gasteiger partial charge on any atom is 0.274 e. The lowest BCUT2D eigenvalue weighted by atomic mass is 10.2. The van der Waals surface area contributed by atoms with Gasteiger partial charge in [-0.3, -0.25) is 4.79 Å². The Labute approximate surface area is 144 Å². The maximum absolute atomic E-state index is 12.5. The topological polar surface area (TPSA) is 83.5 Å². The molecule has 0 saturated carbocycles. The Morgan fingerprint density at radius 1 is 1.21 bits per heavy atom. The largest absolute Gasteiger partial charge is 0.354 e. The van der Waals surface area contributed by atoms with Crippen molar-refractivity contribution in [3.8, 4) is 0 Å². The molecule has 134 valence electrons. The fourth-order valence-electron chi connectivity index (χ4n) is 2.91. The van der Waals surface area contributed by atoms with E-state index < -0.39 is 9.84 Å². The second-order valence-electron chi connectivity index (χ2n) is 6.24. The third-order valence-corrected chi connectivity index (χ3v) is 6.01. The third-order valence-electron chi connectivity index (χ3n) is 4.26. The first-order valence-electron chi connectivity index (χ1n) is 8.44. The Morgan fingerprint density at radius 2 is 1.88 bits per heavy atom. The van der Waals surface area contributed by atoms with Crippen molar-refractivity contribution in [2.24, 2.45) is 0 Å². The normalized spacial score (nSPS) is 19.2. The number of rotatable bonds is 7. The summed E-state index contributed by atoms with van der Waals surface area (Å²) >= 11 is 0. The number of hydrogen-bond acceptors (Lipinski definition) is 6. The van der Waals surface area contributed by atoms with Crippen LogP contribution in [0.5, 0.6) is 0 Å². The van der Waals surface area contributed by atoms with Gasteiger partial charge < -0.3 is 9.80 Å². The van der Waals surface area contributed by atoms with Gasteiger partial charge in [0.2, 0.25) is 0 Å². The zero-order valence-corrected chi connectivity index (χ0v) is 15.4. The van der Waals surface area contributed by atoms with Gasteiger partial charge in [-0.2, -0.15) is 0 Å². The van der Waals surface area contributed by atoms with Gasteiger partial charge in [0.25, 0.3) is 5.91 Å². The van der Waals surface area contributed by atoms with Gasteiger partial charge in [0, 0.05) is 26.2 Å². The number of carbonyl (C=O) groups is 1. The van der Waals surface area contributed by atoms with E-state index in [9.17, 15) is 13.2 Å². The minimum atomic E-state index is -2.94. The minimum Gasteiger partial charge on any atom is -0.354 e.